The van der Waals surface area contributed by atoms with Crippen molar-refractivity contribution in [2.45, 2.75) is 19.3 Å². The van der Waals surface area contributed by atoms with E-state index in [0.717, 1.165) is 11.1 Å². The van der Waals surface area contributed by atoms with Crippen LogP contribution < -0.4 is 55.2 Å². The molecule has 4 aromatic rings. The van der Waals surface area contributed by atoms with Crippen molar-refractivity contribution >= 4 is 29.2 Å². The molecule has 2 heterocycles. The monoisotopic (exact) mass is 498 g/mol. The Balaban J connectivity index is 0.00000361. The van der Waals surface area contributed by atoms with Crippen molar-refractivity contribution in [1.82, 2.24) is 19.6 Å². The third-order valence-electron chi connectivity index (χ3n) is 5.39. The standard InChI is InChI=1S/C24H24N6O5.Na/c1-34-19-9-7-15(11-20(19)35-2)18-12-21-26-13-27-30(21)24(29-18)28-17-8-6-14(4-3-5-22(31)32)10-16(17)23(25)33;/h6-13H,3-5H2,1-2H3,(H2,25,33)(H,28,29)(H,31,32);/q;+1/p-1. The summed E-state index contributed by atoms with van der Waals surface area (Å²) in [6.45, 7) is 0. The van der Waals surface area contributed by atoms with Gasteiger partial charge in [0.25, 0.3) is 5.91 Å². The average molecular weight is 498 g/mol. The van der Waals surface area contributed by atoms with E-state index in [1.807, 2.05) is 6.07 Å². The summed E-state index contributed by atoms with van der Waals surface area (Å²) in [5.74, 6) is -0.301. The zero-order valence-electron chi connectivity index (χ0n) is 20.1. The third kappa shape index (κ3) is 5.93. The van der Waals surface area contributed by atoms with Crippen molar-refractivity contribution in [3.8, 4) is 22.8 Å². The molecule has 0 saturated carbocycles. The van der Waals surface area contributed by atoms with E-state index in [-0.39, 0.29) is 41.5 Å². The van der Waals surface area contributed by atoms with Gasteiger partial charge in [0.05, 0.1) is 31.2 Å². The van der Waals surface area contributed by atoms with E-state index in [1.54, 1.807) is 50.6 Å². The van der Waals surface area contributed by atoms with Crippen LogP contribution in [0, 0.1) is 0 Å². The van der Waals surface area contributed by atoms with Crippen LogP contribution in [0.3, 0.4) is 0 Å². The molecule has 0 saturated heterocycles. The molecule has 12 heteroatoms. The molecule has 2 aromatic carbocycles. The van der Waals surface area contributed by atoms with Crippen LogP contribution in [0.1, 0.15) is 28.8 Å². The van der Waals surface area contributed by atoms with E-state index in [4.69, 9.17) is 20.2 Å². The number of carbonyl (C=O) groups is 2. The molecule has 0 unspecified atom stereocenters. The Bertz CT molecular complexity index is 1410. The first-order valence-electron chi connectivity index (χ1n) is 10.7. The molecule has 3 N–H and O–H groups in total. The summed E-state index contributed by atoms with van der Waals surface area (Å²) in [4.78, 5) is 31.8. The van der Waals surface area contributed by atoms with Crippen LogP contribution in [0.5, 0.6) is 11.5 Å². The fourth-order valence-electron chi connectivity index (χ4n) is 3.67. The third-order valence-corrected chi connectivity index (χ3v) is 5.39. The number of fused-ring (bicyclic) bond motifs is 1. The fourth-order valence-corrected chi connectivity index (χ4v) is 3.67. The normalized spacial score (nSPS) is 10.5. The van der Waals surface area contributed by atoms with Crippen LogP contribution in [-0.4, -0.2) is 45.7 Å². The summed E-state index contributed by atoms with van der Waals surface area (Å²) < 4.78 is 12.2. The summed E-state index contributed by atoms with van der Waals surface area (Å²) in [7, 11) is 3.11. The smallest absolute Gasteiger partial charge is 0.550 e. The van der Waals surface area contributed by atoms with E-state index in [1.165, 1.54) is 10.8 Å². The summed E-state index contributed by atoms with van der Waals surface area (Å²) in [5, 5.41) is 18.0. The minimum atomic E-state index is -1.12. The Morgan fingerprint density at radius 3 is 2.56 bits per heavy atom. The van der Waals surface area contributed by atoms with Gasteiger partial charge in [-0.3, -0.25) is 4.79 Å². The molecule has 0 radical (unpaired) electrons. The molecule has 0 aliphatic rings. The van der Waals surface area contributed by atoms with Crippen molar-refractivity contribution in [3.05, 3.63) is 59.9 Å². The summed E-state index contributed by atoms with van der Waals surface area (Å²) in [5.41, 5.74) is 8.95. The number of hydrogen-bond donors (Lipinski definition) is 2. The first-order chi connectivity index (χ1) is 16.9. The Labute approximate surface area is 228 Å². The first-order valence-corrected chi connectivity index (χ1v) is 10.7. The Morgan fingerprint density at radius 1 is 1.08 bits per heavy atom. The number of carbonyl (C=O) groups excluding carboxylic acids is 2. The molecule has 4 rings (SSSR count). The fraction of sp³-hybridized carbons (Fsp3) is 0.208. The average Bonchev–Trinajstić information content (AvgIpc) is 3.33. The predicted molar refractivity (Wildman–Crippen MR) is 126 cm³/mol. The largest absolute Gasteiger partial charge is 1.00 e. The maximum atomic E-state index is 12.2. The van der Waals surface area contributed by atoms with Crippen LogP contribution in [0.2, 0.25) is 0 Å². The summed E-state index contributed by atoms with van der Waals surface area (Å²) in [6, 6.07) is 12.3. The van der Waals surface area contributed by atoms with Crippen LogP contribution in [0.25, 0.3) is 16.9 Å². The first kappa shape index (κ1) is 26.9. The number of ether oxygens (including phenoxy) is 2. The zero-order chi connectivity index (χ0) is 24.9. The molecule has 0 atom stereocenters. The van der Waals surface area contributed by atoms with Gasteiger partial charge in [0.2, 0.25) is 5.95 Å². The number of anilines is 2. The van der Waals surface area contributed by atoms with Gasteiger partial charge in [0, 0.05) is 17.6 Å². The number of amides is 1. The zero-order valence-corrected chi connectivity index (χ0v) is 22.1. The molecule has 36 heavy (non-hydrogen) atoms. The number of aromatic nitrogens is 4. The number of carboxylic acids is 1. The Morgan fingerprint density at radius 2 is 1.86 bits per heavy atom. The number of aryl methyl sites for hydroxylation is 1. The molecule has 0 bridgehead atoms. The summed E-state index contributed by atoms with van der Waals surface area (Å²) >= 11 is 0. The van der Waals surface area contributed by atoms with Gasteiger partial charge in [-0.15, -0.1) is 0 Å². The number of primary amides is 1. The van der Waals surface area contributed by atoms with E-state index in [2.05, 4.69) is 15.4 Å². The van der Waals surface area contributed by atoms with E-state index >= 15 is 0 Å². The van der Waals surface area contributed by atoms with Crippen molar-refractivity contribution in [1.29, 1.82) is 0 Å². The molecular formula is C24H23N6NaO5. The molecule has 1 amide bonds. The Kier molecular flexibility index (Phi) is 8.86. The van der Waals surface area contributed by atoms with Crippen LogP contribution in [0.4, 0.5) is 11.6 Å². The minimum absolute atomic E-state index is 0. The number of nitrogens with two attached hydrogens (primary N) is 1. The maximum Gasteiger partial charge on any atom is 1.00 e. The second-order valence-corrected chi connectivity index (χ2v) is 7.66. The van der Waals surface area contributed by atoms with Gasteiger partial charge in [0.15, 0.2) is 17.1 Å². The Hall–Kier alpha value is -3.67. The van der Waals surface area contributed by atoms with Gasteiger partial charge in [-0.25, -0.2) is 9.97 Å². The van der Waals surface area contributed by atoms with Gasteiger partial charge in [-0.2, -0.15) is 9.61 Å². The number of aliphatic carboxylic acids is 1. The van der Waals surface area contributed by atoms with Crippen LogP contribution >= 0.6 is 0 Å². The summed E-state index contributed by atoms with van der Waals surface area (Å²) in [6.07, 6.45) is 2.19. The number of nitrogens with one attached hydrogen (secondary N) is 1. The minimum Gasteiger partial charge on any atom is -0.550 e. The van der Waals surface area contributed by atoms with E-state index in [9.17, 15) is 14.7 Å². The van der Waals surface area contributed by atoms with Gasteiger partial charge >= 0.3 is 29.6 Å². The van der Waals surface area contributed by atoms with Crippen molar-refractivity contribution in [3.63, 3.8) is 0 Å². The van der Waals surface area contributed by atoms with Gasteiger partial charge in [-0.05, 0) is 55.2 Å². The maximum absolute atomic E-state index is 12.2. The number of benzene rings is 2. The van der Waals surface area contributed by atoms with Crippen molar-refractivity contribution < 1.29 is 53.7 Å². The molecule has 180 valence electrons. The molecular weight excluding hydrogens is 475 g/mol. The topological polar surface area (TPSA) is 157 Å². The molecule has 0 fully saturated rings. The predicted octanol–water partition coefficient (Wildman–Crippen LogP) is -1.27. The van der Waals surface area contributed by atoms with E-state index in [0.29, 0.717) is 47.3 Å². The molecule has 0 aliphatic heterocycles. The van der Waals surface area contributed by atoms with Crippen molar-refractivity contribution in [2.75, 3.05) is 19.5 Å². The van der Waals surface area contributed by atoms with Gasteiger partial charge in [0.1, 0.15) is 6.33 Å². The van der Waals surface area contributed by atoms with Crippen LogP contribution in [0.15, 0.2) is 48.8 Å². The second kappa shape index (κ2) is 11.8. The van der Waals surface area contributed by atoms with Gasteiger partial charge < -0.3 is 30.4 Å². The van der Waals surface area contributed by atoms with E-state index < -0.39 is 11.9 Å². The molecule has 2 aromatic heterocycles. The second-order valence-electron chi connectivity index (χ2n) is 7.66. The number of hydrogen-bond acceptors (Lipinski definition) is 9. The molecule has 0 aliphatic carbocycles. The van der Waals surface area contributed by atoms with Gasteiger partial charge in [-0.1, -0.05) is 6.07 Å². The number of carboxylic acid groups (broad SMARTS) is 1. The SMILES string of the molecule is COc1ccc(-c2cc3ncnn3c(Nc3ccc(CCCC(=O)[O-])cc3C(N)=O)n2)cc1OC.[Na+]. The molecule has 0 spiro atoms. The molecule has 11 nitrogen and oxygen atoms in total. The number of nitrogens with zero attached hydrogens (tertiary/aromatic N) is 4. The number of methoxy groups -OCH3 is 2. The number of rotatable bonds is 10. The van der Waals surface area contributed by atoms with Crippen molar-refractivity contribution in [2.24, 2.45) is 5.73 Å². The van der Waals surface area contributed by atoms with Crippen LogP contribution in [-0.2, 0) is 11.2 Å². The quantitative estimate of drug-likeness (QED) is 0.254.